The SMILES string of the molecule is CC(O)OC(C(N)=O)c1ccccc1. The Hall–Kier alpha value is -1.39. The predicted molar refractivity (Wildman–Crippen MR) is 51.1 cm³/mol. The van der Waals surface area contributed by atoms with Gasteiger partial charge in [-0.25, -0.2) is 0 Å². The minimum absolute atomic E-state index is 0.614. The molecule has 4 heteroatoms. The fourth-order valence-electron chi connectivity index (χ4n) is 1.13. The number of aliphatic hydroxyl groups excluding tert-OH is 1. The average molecular weight is 195 g/mol. The van der Waals surface area contributed by atoms with Crippen LogP contribution >= 0.6 is 0 Å². The molecule has 0 saturated carbocycles. The van der Waals surface area contributed by atoms with Crippen molar-refractivity contribution in [1.82, 2.24) is 0 Å². The Morgan fingerprint density at radius 1 is 1.43 bits per heavy atom. The van der Waals surface area contributed by atoms with Gasteiger partial charge in [0, 0.05) is 0 Å². The number of amides is 1. The summed E-state index contributed by atoms with van der Waals surface area (Å²) < 4.78 is 4.98. The number of rotatable bonds is 4. The van der Waals surface area contributed by atoms with Crippen LogP contribution in [0.2, 0.25) is 0 Å². The Labute approximate surface area is 82.3 Å². The molecule has 0 aliphatic rings. The molecule has 1 rings (SSSR count). The monoisotopic (exact) mass is 195 g/mol. The van der Waals surface area contributed by atoms with Crippen LogP contribution in [0.3, 0.4) is 0 Å². The molecule has 76 valence electrons. The minimum Gasteiger partial charge on any atom is -0.368 e. The van der Waals surface area contributed by atoms with Gasteiger partial charge in [0.05, 0.1) is 0 Å². The number of primary amides is 1. The third-order valence-corrected chi connectivity index (χ3v) is 1.69. The van der Waals surface area contributed by atoms with Crippen molar-refractivity contribution in [3.63, 3.8) is 0 Å². The molecule has 14 heavy (non-hydrogen) atoms. The maximum atomic E-state index is 11.0. The van der Waals surface area contributed by atoms with Gasteiger partial charge in [-0.1, -0.05) is 30.3 Å². The van der Waals surface area contributed by atoms with E-state index in [1.165, 1.54) is 6.92 Å². The van der Waals surface area contributed by atoms with Crippen molar-refractivity contribution in [3.05, 3.63) is 35.9 Å². The van der Waals surface area contributed by atoms with Crippen molar-refractivity contribution in [2.24, 2.45) is 5.73 Å². The lowest BCUT2D eigenvalue weighted by Gasteiger charge is -2.16. The molecular weight excluding hydrogens is 182 g/mol. The number of carbonyl (C=O) groups excluding carboxylic acids is 1. The summed E-state index contributed by atoms with van der Waals surface area (Å²) in [5.41, 5.74) is 5.78. The molecule has 0 saturated heterocycles. The largest absolute Gasteiger partial charge is 0.368 e. The van der Waals surface area contributed by atoms with Gasteiger partial charge in [-0.2, -0.15) is 0 Å². The predicted octanol–water partition coefficient (Wildman–Crippen LogP) is 0.568. The second-order valence-electron chi connectivity index (χ2n) is 2.93. The molecule has 2 unspecified atom stereocenters. The van der Waals surface area contributed by atoms with Crippen LogP contribution in [0.4, 0.5) is 0 Å². The number of nitrogens with two attached hydrogens (primary N) is 1. The number of hydrogen-bond acceptors (Lipinski definition) is 3. The molecule has 1 aromatic carbocycles. The van der Waals surface area contributed by atoms with E-state index in [4.69, 9.17) is 15.6 Å². The van der Waals surface area contributed by atoms with Crippen molar-refractivity contribution in [2.75, 3.05) is 0 Å². The number of ether oxygens (including phenoxy) is 1. The number of hydrogen-bond donors (Lipinski definition) is 2. The molecular formula is C10H13NO3. The Morgan fingerprint density at radius 2 is 2.00 bits per heavy atom. The van der Waals surface area contributed by atoms with Gasteiger partial charge < -0.3 is 15.6 Å². The first-order valence-corrected chi connectivity index (χ1v) is 4.29. The molecule has 2 atom stereocenters. The maximum Gasteiger partial charge on any atom is 0.251 e. The Morgan fingerprint density at radius 3 is 2.43 bits per heavy atom. The second kappa shape index (κ2) is 4.74. The van der Waals surface area contributed by atoms with Crippen molar-refractivity contribution < 1.29 is 14.6 Å². The zero-order valence-electron chi connectivity index (χ0n) is 7.88. The van der Waals surface area contributed by atoms with Gasteiger partial charge >= 0.3 is 0 Å². The Bertz CT molecular complexity index is 297. The van der Waals surface area contributed by atoms with E-state index in [9.17, 15) is 4.79 Å². The van der Waals surface area contributed by atoms with Crippen LogP contribution in [-0.2, 0) is 9.53 Å². The van der Waals surface area contributed by atoms with Crippen molar-refractivity contribution in [2.45, 2.75) is 19.3 Å². The molecule has 0 aliphatic carbocycles. The highest BCUT2D eigenvalue weighted by Gasteiger charge is 2.19. The van der Waals surface area contributed by atoms with E-state index < -0.39 is 18.3 Å². The van der Waals surface area contributed by atoms with Crippen LogP contribution in [0.15, 0.2) is 30.3 Å². The molecule has 1 aromatic rings. The zero-order chi connectivity index (χ0) is 10.6. The molecule has 0 aromatic heterocycles. The normalized spacial score (nSPS) is 14.7. The second-order valence-corrected chi connectivity index (χ2v) is 2.93. The third-order valence-electron chi connectivity index (χ3n) is 1.69. The van der Waals surface area contributed by atoms with E-state index in [2.05, 4.69) is 0 Å². The zero-order valence-corrected chi connectivity index (χ0v) is 7.88. The third kappa shape index (κ3) is 2.83. The first-order chi connectivity index (χ1) is 6.61. The van der Waals surface area contributed by atoms with Crippen LogP contribution in [0.1, 0.15) is 18.6 Å². The molecule has 4 nitrogen and oxygen atoms in total. The lowest BCUT2D eigenvalue weighted by atomic mass is 10.1. The van der Waals surface area contributed by atoms with E-state index >= 15 is 0 Å². The summed E-state index contributed by atoms with van der Waals surface area (Å²) in [6.45, 7) is 1.43. The molecule has 1 amide bonds. The first kappa shape index (κ1) is 10.7. The summed E-state index contributed by atoms with van der Waals surface area (Å²) in [4.78, 5) is 11.0. The molecule has 0 heterocycles. The minimum atomic E-state index is -1.02. The van der Waals surface area contributed by atoms with Gasteiger partial charge in [0.1, 0.15) is 0 Å². The molecule has 0 fully saturated rings. The smallest absolute Gasteiger partial charge is 0.251 e. The first-order valence-electron chi connectivity index (χ1n) is 4.29. The summed E-state index contributed by atoms with van der Waals surface area (Å²) in [5.74, 6) is -0.614. The van der Waals surface area contributed by atoms with Crippen LogP contribution < -0.4 is 5.73 Å². The lowest BCUT2D eigenvalue weighted by molar-refractivity contribution is -0.154. The van der Waals surface area contributed by atoms with Gasteiger partial charge in [-0.05, 0) is 12.5 Å². The number of carbonyl (C=O) groups is 1. The Kier molecular flexibility index (Phi) is 3.62. The topological polar surface area (TPSA) is 72.6 Å². The standard InChI is InChI=1S/C10H13NO3/c1-7(12)14-9(10(11)13)8-5-3-2-4-6-8/h2-7,9,12H,1H3,(H2,11,13). The molecule has 3 N–H and O–H groups in total. The van der Waals surface area contributed by atoms with Crippen molar-refractivity contribution in [1.29, 1.82) is 0 Å². The summed E-state index contributed by atoms with van der Waals surface area (Å²) in [6, 6.07) is 8.81. The average Bonchev–Trinajstić information content (AvgIpc) is 2.15. The molecule has 0 spiro atoms. The van der Waals surface area contributed by atoms with Gasteiger partial charge in [0.25, 0.3) is 5.91 Å². The molecule has 0 radical (unpaired) electrons. The van der Waals surface area contributed by atoms with Crippen LogP contribution in [0, 0.1) is 0 Å². The highest BCUT2D eigenvalue weighted by molar-refractivity contribution is 5.80. The van der Waals surface area contributed by atoms with Crippen LogP contribution in [0.5, 0.6) is 0 Å². The summed E-state index contributed by atoms with van der Waals surface area (Å²) in [7, 11) is 0. The highest BCUT2D eigenvalue weighted by Crippen LogP contribution is 2.17. The maximum absolute atomic E-state index is 11.0. The molecule has 0 aliphatic heterocycles. The number of aliphatic hydroxyl groups is 1. The van der Waals surface area contributed by atoms with Crippen LogP contribution in [-0.4, -0.2) is 17.3 Å². The highest BCUT2D eigenvalue weighted by atomic mass is 16.6. The summed E-state index contributed by atoms with van der Waals surface area (Å²) in [5, 5.41) is 9.00. The summed E-state index contributed by atoms with van der Waals surface area (Å²) >= 11 is 0. The van der Waals surface area contributed by atoms with Crippen molar-refractivity contribution >= 4 is 5.91 Å². The van der Waals surface area contributed by atoms with E-state index in [-0.39, 0.29) is 0 Å². The molecule has 0 bridgehead atoms. The fourth-order valence-corrected chi connectivity index (χ4v) is 1.13. The van der Waals surface area contributed by atoms with Gasteiger partial charge in [0.2, 0.25) is 0 Å². The van der Waals surface area contributed by atoms with Gasteiger partial charge in [-0.15, -0.1) is 0 Å². The van der Waals surface area contributed by atoms with E-state index in [0.717, 1.165) is 0 Å². The number of benzene rings is 1. The van der Waals surface area contributed by atoms with Gasteiger partial charge in [0.15, 0.2) is 12.4 Å². The van der Waals surface area contributed by atoms with Crippen molar-refractivity contribution in [3.8, 4) is 0 Å². The van der Waals surface area contributed by atoms with E-state index in [1.807, 2.05) is 6.07 Å². The fraction of sp³-hybridized carbons (Fsp3) is 0.300. The quantitative estimate of drug-likeness (QED) is 0.690. The summed E-state index contributed by atoms with van der Waals surface area (Å²) in [6.07, 6.45) is -1.91. The van der Waals surface area contributed by atoms with E-state index in [0.29, 0.717) is 5.56 Å². The van der Waals surface area contributed by atoms with E-state index in [1.54, 1.807) is 24.3 Å². The van der Waals surface area contributed by atoms with Gasteiger partial charge in [-0.3, -0.25) is 4.79 Å². The Balaban J connectivity index is 2.84. The lowest BCUT2D eigenvalue weighted by Crippen LogP contribution is -2.26. The van der Waals surface area contributed by atoms with Crippen LogP contribution in [0.25, 0.3) is 0 Å².